The molecule has 0 spiro atoms. The summed E-state index contributed by atoms with van der Waals surface area (Å²) in [6.45, 7) is 10.1. The quantitative estimate of drug-likeness (QED) is 0.608. The molecule has 0 fully saturated rings. The number of hydrogen-bond acceptors (Lipinski definition) is 3. The number of esters is 1. The first-order valence-corrected chi connectivity index (χ1v) is 6.40. The topological polar surface area (TPSA) is 38.3 Å². The van der Waals surface area contributed by atoms with Gasteiger partial charge in [-0.2, -0.15) is 0 Å². The van der Waals surface area contributed by atoms with Crippen LogP contribution in [0.5, 0.6) is 5.75 Å². The molecule has 0 saturated carbocycles. The fourth-order valence-corrected chi connectivity index (χ4v) is 2.87. The Bertz CT molecular complexity index is 492. The second-order valence-corrected chi connectivity index (χ2v) is 5.88. The summed E-state index contributed by atoms with van der Waals surface area (Å²) in [6, 6.07) is 3.89. The van der Waals surface area contributed by atoms with Gasteiger partial charge in [0.2, 0.25) is 0 Å². The van der Waals surface area contributed by atoms with Gasteiger partial charge in [0.25, 0.3) is 0 Å². The lowest BCUT2D eigenvalue weighted by Crippen LogP contribution is -2.37. The number of fused-ring (bicyclic) bond motifs is 1. The van der Waals surface area contributed by atoms with Gasteiger partial charge in [0.15, 0.2) is 0 Å². The molecular weight excluding hydrogens is 226 g/mol. The van der Waals surface area contributed by atoms with Gasteiger partial charge in [0, 0.05) is 23.7 Å². The SMILES string of the molecule is CC(=O)Oc1ccc(C)c2c1C(C)CC(C)(C)N2. The zero-order chi connectivity index (χ0) is 13.5. The van der Waals surface area contributed by atoms with E-state index in [0.29, 0.717) is 11.7 Å². The lowest BCUT2D eigenvalue weighted by Gasteiger charge is -2.39. The fourth-order valence-electron chi connectivity index (χ4n) is 2.87. The second-order valence-electron chi connectivity index (χ2n) is 5.88. The zero-order valence-corrected chi connectivity index (χ0v) is 11.8. The van der Waals surface area contributed by atoms with Crippen LogP contribution >= 0.6 is 0 Å². The number of ether oxygens (including phenoxy) is 1. The molecule has 18 heavy (non-hydrogen) atoms. The van der Waals surface area contributed by atoms with Gasteiger partial charge in [-0.1, -0.05) is 13.0 Å². The molecule has 1 heterocycles. The van der Waals surface area contributed by atoms with Gasteiger partial charge in [0.05, 0.1) is 0 Å². The van der Waals surface area contributed by atoms with Crippen molar-refractivity contribution in [3.63, 3.8) is 0 Å². The van der Waals surface area contributed by atoms with Crippen molar-refractivity contribution in [1.29, 1.82) is 0 Å². The summed E-state index contributed by atoms with van der Waals surface area (Å²) in [5, 5.41) is 3.56. The summed E-state index contributed by atoms with van der Waals surface area (Å²) in [7, 11) is 0. The lowest BCUT2D eigenvalue weighted by molar-refractivity contribution is -0.131. The predicted octanol–water partition coefficient (Wildman–Crippen LogP) is 3.62. The molecule has 0 aromatic heterocycles. The Morgan fingerprint density at radius 2 is 2.11 bits per heavy atom. The van der Waals surface area contributed by atoms with Crippen molar-refractivity contribution < 1.29 is 9.53 Å². The van der Waals surface area contributed by atoms with Crippen LogP contribution in [0, 0.1) is 6.92 Å². The molecule has 1 atom stereocenters. The third kappa shape index (κ3) is 2.35. The molecule has 3 nitrogen and oxygen atoms in total. The molecule has 0 amide bonds. The Morgan fingerprint density at radius 1 is 1.44 bits per heavy atom. The van der Waals surface area contributed by atoms with E-state index in [2.05, 4.69) is 33.0 Å². The van der Waals surface area contributed by atoms with Crippen molar-refractivity contribution in [3.05, 3.63) is 23.3 Å². The minimum atomic E-state index is -0.266. The highest BCUT2D eigenvalue weighted by Crippen LogP contribution is 2.44. The number of anilines is 1. The normalized spacial score (nSPS) is 20.8. The number of hydrogen-bond donors (Lipinski definition) is 1. The smallest absolute Gasteiger partial charge is 0.308 e. The molecule has 0 saturated heterocycles. The number of rotatable bonds is 1. The number of carbonyl (C=O) groups excluding carboxylic acids is 1. The summed E-state index contributed by atoms with van der Waals surface area (Å²) < 4.78 is 5.33. The van der Waals surface area contributed by atoms with E-state index in [1.807, 2.05) is 12.1 Å². The molecule has 3 heteroatoms. The summed E-state index contributed by atoms with van der Waals surface area (Å²) in [5.74, 6) is 0.808. The average molecular weight is 247 g/mol. The Hall–Kier alpha value is -1.51. The van der Waals surface area contributed by atoms with E-state index in [0.717, 1.165) is 17.7 Å². The number of carbonyl (C=O) groups is 1. The van der Waals surface area contributed by atoms with E-state index in [4.69, 9.17) is 4.74 Å². The molecule has 0 aliphatic carbocycles. The first-order valence-electron chi connectivity index (χ1n) is 6.40. The number of benzene rings is 1. The van der Waals surface area contributed by atoms with E-state index >= 15 is 0 Å². The molecule has 1 aromatic carbocycles. The van der Waals surface area contributed by atoms with Crippen molar-refractivity contribution in [1.82, 2.24) is 0 Å². The van der Waals surface area contributed by atoms with Gasteiger partial charge in [0.1, 0.15) is 5.75 Å². The predicted molar refractivity (Wildman–Crippen MR) is 73.2 cm³/mol. The van der Waals surface area contributed by atoms with E-state index < -0.39 is 0 Å². The van der Waals surface area contributed by atoms with Crippen LogP contribution in [0.3, 0.4) is 0 Å². The van der Waals surface area contributed by atoms with Crippen molar-refractivity contribution in [2.45, 2.75) is 52.5 Å². The van der Waals surface area contributed by atoms with E-state index in [9.17, 15) is 4.79 Å². The maximum Gasteiger partial charge on any atom is 0.308 e. The van der Waals surface area contributed by atoms with Gasteiger partial charge < -0.3 is 10.1 Å². The first kappa shape index (κ1) is 12.9. The van der Waals surface area contributed by atoms with Crippen molar-refractivity contribution >= 4 is 11.7 Å². The first-order chi connectivity index (χ1) is 8.30. The highest BCUT2D eigenvalue weighted by Gasteiger charge is 2.32. The van der Waals surface area contributed by atoms with Crippen LogP contribution in [-0.4, -0.2) is 11.5 Å². The summed E-state index contributed by atoms with van der Waals surface area (Å²) >= 11 is 0. The highest BCUT2D eigenvalue weighted by molar-refractivity contribution is 5.73. The average Bonchev–Trinajstić information content (AvgIpc) is 2.20. The molecule has 1 aliphatic rings. The van der Waals surface area contributed by atoms with Gasteiger partial charge in [-0.05, 0) is 44.7 Å². The Kier molecular flexibility index (Phi) is 3.09. The van der Waals surface area contributed by atoms with Crippen LogP contribution < -0.4 is 10.1 Å². The molecule has 2 rings (SSSR count). The summed E-state index contributed by atoms with van der Waals surface area (Å²) in [4.78, 5) is 11.2. The van der Waals surface area contributed by atoms with E-state index in [-0.39, 0.29) is 11.5 Å². The number of aryl methyl sites for hydroxylation is 1. The van der Waals surface area contributed by atoms with Crippen molar-refractivity contribution in [2.24, 2.45) is 0 Å². The monoisotopic (exact) mass is 247 g/mol. The van der Waals surface area contributed by atoms with Crippen molar-refractivity contribution in [2.75, 3.05) is 5.32 Å². The minimum Gasteiger partial charge on any atom is -0.426 e. The van der Waals surface area contributed by atoms with Crippen LogP contribution in [-0.2, 0) is 4.79 Å². The van der Waals surface area contributed by atoms with Gasteiger partial charge in [-0.3, -0.25) is 4.79 Å². The summed E-state index contributed by atoms with van der Waals surface area (Å²) in [6.07, 6.45) is 1.03. The Balaban J connectivity index is 2.53. The minimum absolute atomic E-state index is 0.0754. The van der Waals surface area contributed by atoms with E-state index in [1.165, 1.54) is 12.5 Å². The third-order valence-corrected chi connectivity index (χ3v) is 3.44. The van der Waals surface area contributed by atoms with Crippen LogP contribution in [0.2, 0.25) is 0 Å². The molecular formula is C15H21NO2. The third-order valence-electron chi connectivity index (χ3n) is 3.44. The standard InChI is InChI=1S/C15H21NO2/c1-9-6-7-12(18-11(3)17)13-10(2)8-15(4,5)16-14(9)13/h6-7,10,16H,8H2,1-5H3. The molecule has 0 bridgehead atoms. The second kappa shape index (κ2) is 4.30. The molecule has 98 valence electrons. The molecule has 0 radical (unpaired) electrons. The molecule has 1 unspecified atom stereocenters. The number of nitrogens with one attached hydrogen (secondary N) is 1. The summed E-state index contributed by atoms with van der Waals surface area (Å²) in [5.41, 5.74) is 3.52. The van der Waals surface area contributed by atoms with Crippen LogP contribution in [0.25, 0.3) is 0 Å². The molecule has 1 aliphatic heterocycles. The molecule has 1 N–H and O–H groups in total. The molecule has 1 aromatic rings. The van der Waals surface area contributed by atoms with Crippen molar-refractivity contribution in [3.8, 4) is 5.75 Å². The zero-order valence-electron chi connectivity index (χ0n) is 11.8. The van der Waals surface area contributed by atoms with Crippen LogP contribution in [0.4, 0.5) is 5.69 Å². The lowest BCUT2D eigenvalue weighted by atomic mass is 9.80. The Labute approximate surface area is 109 Å². The maximum absolute atomic E-state index is 11.2. The van der Waals surface area contributed by atoms with Gasteiger partial charge >= 0.3 is 5.97 Å². The largest absolute Gasteiger partial charge is 0.426 e. The van der Waals surface area contributed by atoms with Gasteiger partial charge in [-0.25, -0.2) is 0 Å². The maximum atomic E-state index is 11.2. The van der Waals surface area contributed by atoms with Gasteiger partial charge in [-0.15, -0.1) is 0 Å². The fraction of sp³-hybridized carbons (Fsp3) is 0.533. The highest BCUT2D eigenvalue weighted by atomic mass is 16.5. The van der Waals surface area contributed by atoms with E-state index in [1.54, 1.807) is 0 Å². The van der Waals surface area contributed by atoms with Crippen LogP contribution in [0.1, 0.15) is 51.2 Å². The van der Waals surface area contributed by atoms with Crippen LogP contribution in [0.15, 0.2) is 12.1 Å². The Morgan fingerprint density at radius 3 is 2.72 bits per heavy atom.